The Bertz CT molecular complexity index is 763. The van der Waals surface area contributed by atoms with E-state index >= 15 is 0 Å². The van der Waals surface area contributed by atoms with E-state index in [4.69, 9.17) is 4.52 Å². The average molecular weight is 297 g/mol. The zero-order chi connectivity index (χ0) is 15.4. The van der Waals surface area contributed by atoms with E-state index in [1.54, 1.807) is 17.9 Å². The molecule has 2 heterocycles. The van der Waals surface area contributed by atoms with Crippen molar-refractivity contribution in [3.63, 3.8) is 0 Å². The van der Waals surface area contributed by atoms with Gasteiger partial charge in [0.05, 0.1) is 11.8 Å². The molecule has 0 aliphatic carbocycles. The SMILES string of the molecule is Cn1cc(C(=O)NCCc2noc(-c3ccccc3)n2)cn1. The van der Waals surface area contributed by atoms with E-state index in [1.165, 1.54) is 6.20 Å². The molecule has 3 aromatic rings. The summed E-state index contributed by atoms with van der Waals surface area (Å²) in [5.41, 5.74) is 1.40. The fourth-order valence-electron chi connectivity index (χ4n) is 1.98. The van der Waals surface area contributed by atoms with Gasteiger partial charge in [-0.1, -0.05) is 23.4 Å². The van der Waals surface area contributed by atoms with Gasteiger partial charge in [-0.2, -0.15) is 10.1 Å². The number of aromatic nitrogens is 4. The minimum absolute atomic E-state index is 0.167. The van der Waals surface area contributed by atoms with Gasteiger partial charge in [0.1, 0.15) is 0 Å². The predicted molar refractivity (Wildman–Crippen MR) is 79.0 cm³/mol. The summed E-state index contributed by atoms with van der Waals surface area (Å²) in [5.74, 6) is 0.874. The first-order valence-corrected chi connectivity index (χ1v) is 6.87. The van der Waals surface area contributed by atoms with Crippen LogP contribution in [0.25, 0.3) is 11.5 Å². The highest BCUT2D eigenvalue weighted by atomic mass is 16.5. The lowest BCUT2D eigenvalue weighted by Crippen LogP contribution is -2.25. The molecule has 2 aromatic heterocycles. The molecule has 1 amide bonds. The molecule has 1 N–H and O–H groups in total. The maximum absolute atomic E-state index is 11.8. The summed E-state index contributed by atoms with van der Waals surface area (Å²) in [6.45, 7) is 0.432. The number of nitrogens with zero attached hydrogens (tertiary/aromatic N) is 4. The summed E-state index contributed by atoms with van der Waals surface area (Å²) in [6, 6.07) is 9.55. The smallest absolute Gasteiger partial charge is 0.257 e. The molecular weight excluding hydrogens is 282 g/mol. The zero-order valence-electron chi connectivity index (χ0n) is 12.1. The van der Waals surface area contributed by atoms with Gasteiger partial charge in [0.15, 0.2) is 5.82 Å². The molecule has 0 saturated heterocycles. The quantitative estimate of drug-likeness (QED) is 0.770. The zero-order valence-corrected chi connectivity index (χ0v) is 12.1. The van der Waals surface area contributed by atoms with Gasteiger partial charge in [0.25, 0.3) is 11.8 Å². The van der Waals surface area contributed by atoms with Gasteiger partial charge in [-0.05, 0) is 12.1 Å². The monoisotopic (exact) mass is 297 g/mol. The molecule has 0 radical (unpaired) electrons. The molecule has 7 nitrogen and oxygen atoms in total. The van der Waals surface area contributed by atoms with Crippen molar-refractivity contribution < 1.29 is 9.32 Å². The highest BCUT2D eigenvalue weighted by Crippen LogP contribution is 2.15. The normalized spacial score (nSPS) is 10.6. The third-order valence-corrected chi connectivity index (χ3v) is 3.09. The molecule has 1 aromatic carbocycles. The first kappa shape index (κ1) is 14.0. The summed E-state index contributed by atoms with van der Waals surface area (Å²) in [6.07, 6.45) is 3.69. The lowest BCUT2D eigenvalue weighted by atomic mass is 10.2. The van der Waals surface area contributed by atoms with Crippen LogP contribution in [-0.4, -0.2) is 32.4 Å². The second kappa shape index (κ2) is 6.21. The number of nitrogens with one attached hydrogen (secondary N) is 1. The second-order valence-corrected chi connectivity index (χ2v) is 4.79. The van der Waals surface area contributed by atoms with Gasteiger partial charge >= 0.3 is 0 Å². The van der Waals surface area contributed by atoms with Crippen molar-refractivity contribution in [1.82, 2.24) is 25.2 Å². The predicted octanol–water partition coefficient (Wildman–Crippen LogP) is 1.44. The molecule has 3 rings (SSSR count). The van der Waals surface area contributed by atoms with Crippen molar-refractivity contribution >= 4 is 5.91 Å². The van der Waals surface area contributed by atoms with Crippen LogP contribution in [0.4, 0.5) is 0 Å². The van der Waals surface area contributed by atoms with Crippen LogP contribution in [0.2, 0.25) is 0 Å². The Morgan fingerprint density at radius 2 is 2.14 bits per heavy atom. The van der Waals surface area contributed by atoms with Crippen molar-refractivity contribution in [3.05, 3.63) is 54.1 Å². The van der Waals surface area contributed by atoms with Gasteiger partial charge in [-0.15, -0.1) is 0 Å². The number of carbonyl (C=O) groups excluding carboxylic acids is 1. The molecule has 0 aliphatic rings. The Morgan fingerprint density at radius 3 is 2.86 bits per heavy atom. The van der Waals surface area contributed by atoms with E-state index in [2.05, 4.69) is 20.6 Å². The van der Waals surface area contributed by atoms with Gasteiger partial charge in [0, 0.05) is 31.8 Å². The Labute approximate surface area is 127 Å². The molecular formula is C15H15N5O2. The lowest BCUT2D eigenvalue weighted by molar-refractivity contribution is 0.0954. The molecule has 7 heteroatoms. The Balaban J connectivity index is 1.54. The number of rotatable bonds is 5. The molecule has 0 saturated carbocycles. The maximum atomic E-state index is 11.8. The van der Waals surface area contributed by atoms with Crippen LogP contribution >= 0.6 is 0 Å². The maximum Gasteiger partial charge on any atom is 0.257 e. The number of benzene rings is 1. The van der Waals surface area contributed by atoms with E-state index in [9.17, 15) is 4.79 Å². The van der Waals surface area contributed by atoms with Gasteiger partial charge in [0.2, 0.25) is 0 Å². The second-order valence-electron chi connectivity index (χ2n) is 4.79. The van der Waals surface area contributed by atoms with E-state index in [0.717, 1.165) is 5.56 Å². The van der Waals surface area contributed by atoms with E-state index in [-0.39, 0.29) is 5.91 Å². The molecule has 112 valence electrons. The Morgan fingerprint density at radius 1 is 1.32 bits per heavy atom. The molecule has 22 heavy (non-hydrogen) atoms. The first-order chi connectivity index (χ1) is 10.7. The van der Waals surface area contributed by atoms with Crippen molar-refractivity contribution in [2.24, 2.45) is 7.05 Å². The number of carbonyl (C=O) groups is 1. The van der Waals surface area contributed by atoms with Gasteiger partial charge < -0.3 is 9.84 Å². The fourth-order valence-corrected chi connectivity index (χ4v) is 1.98. The molecule has 0 spiro atoms. The molecule has 0 aliphatic heterocycles. The van der Waals surface area contributed by atoms with Crippen LogP contribution in [0.1, 0.15) is 16.2 Å². The Hall–Kier alpha value is -2.96. The number of aryl methyl sites for hydroxylation is 1. The van der Waals surface area contributed by atoms with Crippen LogP contribution < -0.4 is 5.32 Å². The first-order valence-electron chi connectivity index (χ1n) is 6.87. The van der Waals surface area contributed by atoms with Crippen LogP contribution in [0.3, 0.4) is 0 Å². The van der Waals surface area contributed by atoms with E-state index in [0.29, 0.717) is 30.2 Å². The number of hydrogen-bond donors (Lipinski definition) is 1. The largest absolute Gasteiger partial charge is 0.351 e. The average Bonchev–Trinajstić information content (AvgIpc) is 3.17. The van der Waals surface area contributed by atoms with Gasteiger partial charge in [-0.25, -0.2) is 0 Å². The summed E-state index contributed by atoms with van der Waals surface area (Å²) in [4.78, 5) is 16.2. The molecule has 0 bridgehead atoms. The van der Waals surface area contributed by atoms with Crippen LogP contribution in [0.5, 0.6) is 0 Å². The van der Waals surface area contributed by atoms with Crippen molar-refractivity contribution in [1.29, 1.82) is 0 Å². The van der Waals surface area contributed by atoms with Crippen molar-refractivity contribution in [3.8, 4) is 11.5 Å². The summed E-state index contributed by atoms with van der Waals surface area (Å²) in [5, 5.41) is 10.7. The lowest BCUT2D eigenvalue weighted by Gasteiger charge is -2.00. The van der Waals surface area contributed by atoms with E-state index in [1.807, 2.05) is 30.3 Å². The number of amides is 1. The minimum Gasteiger partial charge on any atom is -0.351 e. The van der Waals surface area contributed by atoms with Gasteiger partial charge in [-0.3, -0.25) is 9.48 Å². The molecule has 0 unspecified atom stereocenters. The fraction of sp³-hybridized carbons (Fsp3) is 0.200. The Kier molecular flexibility index (Phi) is 3.95. The molecule has 0 fully saturated rings. The topological polar surface area (TPSA) is 85.8 Å². The third kappa shape index (κ3) is 3.20. The molecule has 0 atom stereocenters. The summed E-state index contributed by atoms with van der Waals surface area (Å²) >= 11 is 0. The van der Waals surface area contributed by atoms with E-state index < -0.39 is 0 Å². The summed E-state index contributed by atoms with van der Waals surface area (Å²) < 4.78 is 6.79. The van der Waals surface area contributed by atoms with Crippen molar-refractivity contribution in [2.45, 2.75) is 6.42 Å². The van der Waals surface area contributed by atoms with Crippen molar-refractivity contribution in [2.75, 3.05) is 6.54 Å². The van der Waals surface area contributed by atoms with Crippen LogP contribution in [-0.2, 0) is 13.5 Å². The number of hydrogen-bond acceptors (Lipinski definition) is 5. The van der Waals surface area contributed by atoms with Crippen LogP contribution in [0.15, 0.2) is 47.2 Å². The highest BCUT2D eigenvalue weighted by molar-refractivity contribution is 5.93. The van der Waals surface area contributed by atoms with Crippen LogP contribution in [0, 0.1) is 0 Å². The standard InChI is InChI=1S/C15H15N5O2/c1-20-10-12(9-17-20)14(21)16-8-7-13-18-15(22-19-13)11-5-3-2-4-6-11/h2-6,9-10H,7-8H2,1H3,(H,16,21). The third-order valence-electron chi connectivity index (χ3n) is 3.09. The summed E-state index contributed by atoms with van der Waals surface area (Å²) in [7, 11) is 1.77. The minimum atomic E-state index is -0.167. The highest BCUT2D eigenvalue weighted by Gasteiger charge is 2.10.